The standard InChI is InChI=1S/C11H16N2O3/c1-13(4-5-14)6-8-2-3-9-11(10(8)12)16-7-15-9/h2-3,14H,4-7,12H2,1H3. The lowest BCUT2D eigenvalue weighted by Crippen LogP contribution is -2.22. The molecule has 1 aliphatic rings. The molecule has 0 fully saturated rings. The Hall–Kier alpha value is -1.46. The van der Waals surface area contributed by atoms with Gasteiger partial charge in [-0.05, 0) is 18.7 Å². The van der Waals surface area contributed by atoms with Crippen molar-refractivity contribution in [2.24, 2.45) is 0 Å². The molecular formula is C11H16N2O3. The van der Waals surface area contributed by atoms with Crippen molar-refractivity contribution in [3.63, 3.8) is 0 Å². The van der Waals surface area contributed by atoms with Crippen LogP contribution in [0.15, 0.2) is 12.1 Å². The van der Waals surface area contributed by atoms with Crippen molar-refractivity contribution in [2.75, 3.05) is 32.7 Å². The average Bonchev–Trinajstić information content (AvgIpc) is 2.71. The summed E-state index contributed by atoms with van der Waals surface area (Å²) in [6.07, 6.45) is 0. The van der Waals surface area contributed by atoms with Crippen molar-refractivity contribution < 1.29 is 14.6 Å². The van der Waals surface area contributed by atoms with Crippen LogP contribution in [0.3, 0.4) is 0 Å². The number of aliphatic hydroxyl groups is 1. The zero-order chi connectivity index (χ0) is 11.5. The lowest BCUT2D eigenvalue weighted by Gasteiger charge is -2.16. The summed E-state index contributed by atoms with van der Waals surface area (Å²) >= 11 is 0. The predicted molar refractivity (Wildman–Crippen MR) is 60.4 cm³/mol. The highest BCUT2D eigenvalue weighted by Crippen LogP contribution is 2.39. The number of fused-ring (bicyclic) bond motifs is 1. The van der Waals surface area contributed by atoms with E-state index in [0.717, 1.165) is 5.56 Å². The molecule has 1 aromatic carbocycles. The molecule has 0 bridgehead atoms. The number of hydrogen-bond acceptors (Lipinski definition) is 5. The quantitative estimate of drug-likeness (QED) is 0.725. The summed E-state index contributed by atoms with van der Waals surface area (Å²) in [6, 6.07) is 3.79. The van der Waals surface area contributed by atoms with E-state index in [2.05, 4.69) is 0 Å². The fraction of sp³-hybridized carbons (Fsp3) is 0.455. The highest BCUT2D eigenvalue weighted by atomic mass is 16.7. The van der Waals surface area contributed by atoms with Gasteiger partial charge >= 0.3 is 0 Å². The zero-order valence-electron chi connectivity index (χ0n) is 9.27. The van der Waals surface area contributed by atoms with Crippen molar-refractivity contribution in [1.29, 1.82) is 0 Å². The van der Waals surface area contributed by atoms with Gasteiger partial charge < -0.3 is 20.3 Å². The van der Waals surface area contributed by atoms with Crippen LogP contribution in [-0.2, 0) is 6.54 Å². The minimum atomic E-state index is 0.140. The second-order valence-corrected chi connectivity index (χ2v) is 3.83. The maximum absolute atomic E-state index is 8.82. The molecule has 1 aliphatic heterocycles. The molecule has 0 amide bonds. The Morgan fingerprint density at radius 3 is 3.00 bits per heavy atom. The molecule has 0 radical (unpaired) electrons. The Bertz CT molecular complexity index is 382. The number of nitrogens with two attached hydrogens (primary N) is 1. The molecule has 5 heteroatoms. The van der Waals surface area contributed by atoms with Crippen molar-refractivity contribution in [3.8, 4) is 11.5 Å². The number of likely N-dealkylation sites (N-methyl/N-ethyl adjacent to an activating group) is 1. The summed E-state index contributed by atoms with van der Waals surface area (Å²) < 4.78 is 10.5. The molecule has 2 rings (SSSR count). The highest BCUT2D eigenvalue weighted by Gasteiger charge is 2.19. The summed E-state index contributed by atoms with van der Waals surface area (Å²) in [4.78, 5) is 1.99. The van der Waals surface area contributed by atoms with Crippen molar-refractivity contribution in [3.05, 3.63) is 17.7 Å². The van der Waals surface area contributed by atoms with Gasteiger partial charge in [-0.2, -0.15) is 0 Å². The SMILES string of the molecule is CN(CCO)Cc1ccc2c(c1N)OCO2. The number of nitrogens with zero attached hydrogens (tertiary/aromatic N) is 1. The van der Waals surface area contributed by atoms with Crippen molar-refractivity contribution in [1.82, 2.24) is 4.90 Å². The summed E-state index contributed by atoms with van der Waals surface area (Å²) in [5.74, 6) is 1.33. The zero-order valence-corrected chi connectivity index (χ0v) is 9.27. The van der Waals surface area contributed by atoms with Gasteiger partial charge in [-0.3, -0.25) is 4.90 Å². The molecular weight excluding hydrogens is 208 g/mol. The Morgan fingerprint density at radius 1 is 1.44 bits per heavy atom. The first-order valence-corrected chi connectivity index (χ1v) is 5.18. The van der Waals surface area contributed by atoms with Crippen LogP contribution in [0.1, 0.15) is 5.56 Å². The van der Waals surface area contributed by atoms with E-state index in [1.165, 1.54) is 0 Å². The molecule has 0 saturated heterocycles. The molecule has 0 aromatic heterocycles. The van der Waals surface area contributed by atoms with E-state index < -0.39 is 0 Å². The van der Waals surface area contributed by atoms with Gasteiger partial charge in [0.2, 0.25) is 6.79 Å². The number of anilines is 1. The second-order valence-electron chi connectivity index (χ2n) is 3.83. The van der Waals surface area contributed by atoms with Crippen molar-refractivity contribution in [2.45, 2.75) is 6.54 Å². The van der Waals surface area contributed by atoms with E-state index in [4.69, 9.17) is 20.3 Å². The normalized spacial score (nSPS) is 13.4. The summed E-state index contributed by atoms with van der Waals surface area (Å²) in [6.45, 7) is 1.67. The first-order valence-electron chi connectivity index (χ1n) is 5.18. The molecule has 1 heterocycles. The van der Waals surface area contributed by atoms with Crippen LogP contribution in [-0.4, -0.2) is 37.0 Å². The van der Waals surface area contributed by atoms with Gasteiger partial charge in [-0.15, -0.1) is 0 Å². The number of nitrogen functional groups attached to an aromatic ring is 1. The third kappa shape index (κ3) is 2.05. The second kappa shape index (κ2) is 4.59. The molecule has 0 saturated carbocycles. The number of hydrogen-bond donors (Lipinski definition) is 2. The smallest absolute Gasteiger partial charge is 0.231 e. The predicted octanol–water partition coefficient (Wildman–Crippen LogP) is 0.422. The monoisotopic (exact) mass is 224 g/mol. The first-order chi connectivity index (χ1) is 7.72. The molecule has 5 nitrogen and oxygen atoms in total. The third-order valence-electron chi connectivity index (χ3n) is 2.59. The van der Waals surface area contributed by atoms with Gasteiger partial charge in [0.1, 0.15) is 0 Å². The maximum atomic E-state index is 8.82. The summed E-state index contributed by atoms with van der Waals surface area (Å²) in [5, 5.41) is 8.82. The highest BCUT2D eigenvalue weighted by molar-refractivity contribution is 5.65. The number of benzene rings is 1. The van der Waals surface area contributed by atoms with Crippen molar-refractivity contribution >= 4 is 5.69 Å². The topological polar surface area (TPSA) is 68.0 Å². The van der Waals surface area contributed by atoms with Crippen LogP contribution in [0.25, 0.3) is 0 Å². The fourth-order valence-corrected chi connectivity index (χ4v) is 1.71. The van der Waals surface area contributed by atoms with Crippen LogP contribution >= 0.6 is 0 Å². The van der Waals surface area contributed by atoms with Gasteiger partial charge in [-0.25, -0.2) is 0 Å². The number of rotatable bonds is 4. The van der Waals surface area contributed by atoms with E-state index in [9.17, 15) is 0 Å². The molecule has 1 aromatic rings. The average molecular weight is 224 g/mol. The molecule has 16 heavy (non-hydrogen) atoms. The van der Waals surface area contributed by atoms with E-state index >= 15 is 0 Å². The van der Waals surface area contributed by atoms with Crippen LogP contribution in [0.5, 0.6) is 11.5 Å². The van der Waals surface area contributed by atoms with Gasteiger partial charge in [0.05, 0.1) is 12.3 Å². The minimum absolute atomic E-state index is 0.140. The lowest BCUT2D eigenvalue weighted by molar-refractivity contribution is 0.174. The van der Waals surface area contributed by atoms with Crippen LogP contribution < -0.4 is 15.2 Å². The van der Waals surface area contributed by atoms with Crippen LogP contribution in [0.2, 0.25) is 0 Å². The maximum Gasteiger partial charge on any atom is 0.231 e. The first kappa shape index (κ1) is 11.0. The van der Waals surface area contributed by atoms with E-state index in [-0.39, 0.29) is 13.4 Å². The molecule has 0 aliphatic carbocycles. The fourth-order valence-electron chi connectivity index (χ4n) is 1.71. The Labute approximate surface area is 94.4 Å². The molecule has 0 spiro atoms. The summed E-state index contributed by atoms with van der Waals surface area (Å²) in [5.41, 5.74) is 7.60. The van der Waals surface area contributed by atoms with E-state index in [1.807, 2.05) is 24.1 Å². The molecule has 0 unspecified atom stereocenters. The minimum Gasteiger partial charge on any atom is -0.454 e. The van der Waals surface area contributed by atoms with Gasteiger partial charge in [0, 0.05) is 13.1 Å². The Balaban J connectivity index is 2.16. The Kier molecular flexibility index (Phi) is 3.17. The lowest BCUT2D eigenvalue weighted by atomic mass is 10.1. The largest absolute Gasteiger partial charge is 0.454 e. The molecule has 3 N–H and O–H groups in total. The molecule has 88 valence electrons. The van der Waals surface area contributed by atoms with Gasteiger partial charge in [-0.1, -0.05) is 6.07 Å². The number of ether oxygens (including phenoxy) is 2. The van der Waals surface area contributed by atoms with Gasteiger partial charge in [0.25, 0.3) is 0 Å². The Morgan fingerprint density at radius 2 is 2.25 bits per heavy atom. The summed E-state index contributed by atoms with van der Waals surface area (Å²) in [7, 11) is 1.93. The molecule has 0 atom stereocenters. The van der Waals surface area contributed by atoms with E-state index in [0.29, 0.717) is 30.3 Å². The number of aliphatic hydroxyl groups excluding tert-OH is 1. The van der Waals surface area contributed by atoms with E-state index in [1.54, 1.807) is 0 Å². The van der Waals surface area contributed by atoms with Gasteiger partial charge in [0.15, 0.2) is 11.5 Å². The third-order valence-corrected chi connectivity index (χ3v) is 2.59. The van der Waals surface area contributed by atoms with Crippen LogP contribution in [0, 0.1) is 0 Å². The van der Waals surface area contributed by atoms with Crippen LogP contribution in [0.4, 0.5) is 5.69 Å².